The number of alkyl halides is 2. The molecule has 2 atom stereocenters. The molecule has 51 heavy (non-hydrogen) atoms. The van der Waals surface area contributed by atoms with E-state index in [2.05, 4.69) is 48.8 Å². The number of fused-ring (bicyclic) bond motifs is 1. The van der Waals surface area contributed by atoms with Gasteiger partial charge in [0.05, 0.1) is 11.1 Å². The average Bonchev–Trinajstić information content (AvgIpc) is 2.99. The van der Waals surface area contributed by atoms with Crippen molar-refractivity contribution in [1.29, 1.82) is 0 Å². The highest BCUT2D eigenvalue weighted by molar-refractivity contribution is 9.09. The van der Waals surface area contributed by atoms with Crippen molar-refractivity contribution in [3.63, 3.8) is 0 Å². The van der Waals surface area contributed by atoms with Crippen molar-refractivity contribution in [2.75, 3.05) is 10.6 Å². The van der Waals surface area contributed by atoms with Crippen molar-refractivity contribution >= 4 is 55.3 Å². The molecule has 0 bridgehead atoms. The monoisotopic (exact) mass is 867 g/mol. The Bertz CT molecular complexity index is 1060. The molecule has 1 aliphatic rings. The molecule has 1 aliphatic heterocycles. The van der Waals surface area contributed by atoms with E-state index in [9.17, 15) is 9.59 Å². The zero-order chi connectivity index (χ0) is 21.8. The lowest BCUT2D eigenvalue weighted by Gasteiger charge is -2.14. The molecule has 1 aromatic carbocycles. The number of nitrogens with zero attached hydrogens (tertiary/aromatic N) is 3. The van der Waals surface area contributed by atoms with E-state index in [1.54, 1.807) is 42.7 Å². The zero-order valence-corrected chi connectivity index (χ0v) is 19.6. The molecule has 0 saturated carbocycles. The molecule has 2 unspecified atom stereocenters. The number of nitrogens with two attached hydrogens (primary N) is 1. The number of nitrogen functional groups attached to an aromatic ring is 1. The van der Waals surface area contributed by atoms with Crippen LogP contribution in [0.5, 0.6) is 0 Å². The number of carbonyl (C=O) groups is 2. The van der Waals surface area contributed by atoms with E-state index in [0.717, 1.165) is 16.0 Å². The number of halogens is 2. The van der Waals surface area contributed by atoms with Gasteiger partial charge < -0.3 is 5.73 Å². The number of anilines is 2. The van der Waals surface area contributed by atoms with Crippen molar-refractivity contribution in [2.24, 2.45) is 0 Å². The fourth-order valence-electron chi connectivity index (χ4n) is 2.91. The Morgan fingerprint density at radius 3 is 1.08 bits per heavy atom. The number of carbonyl (C=O) groups excluding carboxylic acids is 2. The molecule has 3 aromatic rings. The van der Waals surface area contributed by atoms with Crippen LogP contribution in [0, 0.1) is 0 Å². The summed E-state index contributed by atoms with van der Waals surface area (Å²) < 4.78 is 0. The van der Waals surface area contributed by atoms with Gasteiger partial charge in [-0.1, -0.05) is 200 Å². The minimum Gasteiger partial charge on any atom is -0.384 e. The average molecular weight is 869 g/mol. The first-order valence-corrected chi connectivity index (χ1v) is 11.1. The predicted octanol–water partition coefficient (Wildman–Crippen LogP) is 18.8. The molecule has 0 fully saturated rings. The minimum atomic E-state index is -0.322. The number of imide groups is 1. The van der Waals surface area contributed by atoms with Gasteiger partial charge in [0.25, 0.3) is 11.8 Å². The summed E-state index contributed by atoms with van der Waals surface area (Å²) in [5.41, 5.74) is 8.44. The molecule has 0 radical (unpaired) electrons. The maximum absolute atomic E-state index is 12.3. The fourth-order valence-corrected chi connectivity index (χ4v) is 3.48. The van der Waals surface area contributed by atoms with Crippen LogP contribution >= 0.6 is 31.9 Å². The molecule has 2 aromatic heterocycles. The van der Waals surface area contributed by atoms with E-state index in [1.807, 2.05) is 25.1 Å². The molecular weight excluding hydrogens is 764 g/mol. The number of aromatic nitrogens is 2. The lowest BCUT2D eigenvalue weighted by atomic mass is 10.1. The van der Waals surface area contributed by atoms with Gasteiger partial charge in [-0.15, -0.1) is 0 Å². The Labute approximate surface area is 346 Å². The van der Waals surface area contributed by atoms with Gasteiger partial charge in [-0.2, -0.15) is 0 Å². The second-order valence-corrected chi connectivity index (χ2v) is 9.43. The zero-order valence-electron chi connectivity index (χ0n) is 16.4. The summed E-state index contributed by atoms with van der Waals surface area (Å²) >= 11 is 6.90. The standard InChI is InChI=1S/C15H11BrN2O2.C7H9BrN2.21CH4/c1-9(16)10-6-7-17-13(8-10)18-14(19)11-4-2-3-5-12(11)15(18)20;1-5(8)6-2-3-10-7(9)4-6;;;;;;;;;;;;;;;;;;;;;/h2-9H,1H3;2-5H,1H3,(H2,9,10);21*1H4. The van der Waals surface area contributed by atoms with Crippen LogP contribution in [0.15, 0.2) is 60.9 Å². The van der Waals surface area contributed by atoms with Gasteiger partial charge in [-0.3, -0.25) is 9.59 Å². The molecule has 8 heteroatoms. The number of amides is 2. The number of hydrogen-bond acceptors (Lipinski definition) is 5. The molecule has 0 aliphatic carbocycles. The third-order valence-corrected chi connectivity index (χ3v) is 5.57. The van der Waals surface area contributed by atoms with Gasteiger partial charge in [0.2, 0.25) is 0 Å². The van der Waals surface area contributed by atoms with E-state index in [-0.39, 0.29) is 173 Å². The second kappa shape index (κ2) is 56.8. The first-order chi connectivity index (χ1) is 14.3. The Kier molecular flexibility index (Phi) is 140. The first kappa shape index (κ1) is 126. The Hall–Kier alpha value is -2.58. The first-order valence-electron chi connectivity index (χ1n) is 9.23. The molecule has 322 valence electrons. The van der Waals surface area contributed by atoms with Crippen LogP contribution < -0.4 is 10.6 Å². The molecule has 0 spiro atoms. The van der Waals surface area contributed by atoms with Gasteiger partial charge in [0.15, 0.2) is 0 Å². The summed E-state index contributed by atoms with van der Waals surface area (Å²) in [5, 5.41) is 0. The maximum atomic E-state index is 12.3. The molecule has 6 nitrogen and oxygen atoms in total. The van der Waals surface area contributed by atoms with Gasteiger partial charge in [-0.05, 0) is 61.4 Å². The second-order valence-electron chi connectivity index (χ2n) is 6.68. The van der Waals surface area contributed by atoms with E-state index in [1.165, 1.54) is 0 Å². The van der Waals surface area contributed by atoms with E-state index in [4.69, 9.17) is 5.73 Å². The molecule has 0 saturated heterocycles. The lowest BCUT2D eigenvalue weighted by Crippen LogP contribution is -2.30. The lowest BCUT2D eigenvalue weighted by molar-refractivity contribution is 0.0925. The molecule has 2 amide bonds. The van der Waals surface area contributed by atoms with Crippen molar-refractivity contribution in [3.8, 4) is 0 Å². The summed E-state index contributed by atoms with van der Waals surface area (Å²) in [6, 6.07) is 14.2. The highest BCUT2D eigenvalue weighted by Crippen LogP contribution is 2.30. The van der Waals surface area contributed by atoms with Crippen LogP contribution in [-0.2, 0) is 0 Å². The normalized spacial score (nSPS) is 8.59. The van der Waals surface area contributed by atoms with Gasteiger partial charge in [0, 0.05) is 22.0 Å². The number of hydrogen-bond donors (Lipinski definition) is 1. The van der Waals surface area contributed by atoms with E-state index < -0.39 is 0 Å². The molecule has 2 N–H and O–H groups in total. The Balaban J connectivity index is -0.0000000179. The van der Waals surface area contributed by atoms with E-state index in [0.29, 0.717) is 27.6 Å². The fraction of sp³-hybridized carbons (Fsp3) is 0.581. The third-order valence-electron chi connectivity index (χ3n) is 4.52. The smallest absolute Gasteiger partial charge is 0.267 e. The van der Waals surface area contributed by atoms with Crippen molar-refractivity contribution in [1.82, 2.24) is 9.97 Å². The van der Waals surface area contributed by atoms with E-state index >= 15 is 0 Å². The minimum absolute atomic E-state index is 0. The van der Waals surface area contributed by atoms with Gasteiger partial charge in [0.1, 0.15) is 11.6 Å². The van der Waals surface area contributed by atoms with Gasteiger partial charge >= 0.3 is 0 Å². The van der Waals surface area contributed by atoms with Crippen molar-refractivity contribution in [2.45, 2.75) is 179 Å². The summed E-state index contributed by atoms with van der Waals surface area (Å²) in [6.45, 7) is 4.02. The number of rotatable bonds is 3. The van der Waals surface area contributed by atoms with Crippen LogP contribution in [0.25, 0.3) is 0 Å². The summed E-state index contributed by atoms with van der Waals surface area (Å²) in [7, 11) is 0. The summed E-state index contributed by atoms with van der Waals surface area (Å²) in [4.78, 5) is 34.3. The maximum Gasteiger partial charge on any atom is 0.267 e. The van der Waals surface area contributed by atoms with Gasteiger partial charge in [-0.25, -0.2) is 14.9 Å². The van der Waals surface area contributed by atoms with Crippen LogP contribution in [0.4, 0.5) is 11.6 Å². The summed E-state index contributed by atoms with van der Waals surface area (Å²) in [5.74, 6) is 0.291. The number of benzene rings is 1. The van der Waals surface area contributed by atoms with Crippen LogP contribution in [-0.4, -0.2) is 21.8 Å². The summed E-state index contributed by atoms with van der Waals surface area (Å²) in [6.07, 6.45) is 3.31. The Morgan fingerprint density at radius 1 is 0.510 bits per heavy atom. The Morgan fingerprint density at radius 2 is 0.804 bits per heavy atom. The largest absolute Gasteiger partial charge is 0.384 e. The highest BCUT2D eigenvalue weighted by atomic mass is 79.9. The third kappa shape index (κ3) is 30.7. The van der Waals surface area contributed by atoms with Crippen LogP contribution in [0.2, 0.25) is 0 Å². The van der Waals surface area contributed by atoms with Crippen LogP contribution in [0.1, 0.15) is 211 Å². The predicted molar refractivity (Wildman–Crippen MR) is 267 cm³/mol. The molecular formula is C43H104Br2N4O2. The topological polar surface area (TPSA) is 89.2 Å². The van der Waals surface area contributed by atoms with Crippen molar-refractivity contribution in [3.05, 3.63) is 83.2 Å². The number of pyridine rings is 2. The van der Waals surface area contributed by atoms with Crippen molar-refractivity contribution < 1.29 is 9.59 Å². The molecule has 3 heterocycles. The molecule has 4 rings (SSSR count). The SMILES string of the molecule is C.C.C.C.C.C.C.C.C.C.C.C.C.C.C.C.C.C.C.C.C.CC(Br)c1ccnc(N)c1.CC(Br)c1ccnc(N2C(=O)c3ccccc3C2=O)c1. The highest BCUT2D eigenvalue weighted by Gasteiger charge is 2.37. The quantitative estimate of drug-likeness (QED) is 0.209. The van der Waals surface area contributed by atoms with Crippen LogP contribution in [0.3, 0.4) is 0 Å².